The van der Waals surface area contributed by atoms with E-state index >= 15 is 0 Å². The number of aliphatic hydroxyl groups excluding tert-OH is 1. The molecule has 0 saturated carbocycles. The van der Waals surface area contributed by atoms with Crippen LogP contribution in [-0.4, -0.2) is 30.0 Å². The summed E-state index contributed by atoms with van der Waals surface area (Å²) in [5.74, 6) is 1.85. The van der Waals surface area contributed by atoms with Gasteiger partial charge in [0.2, 0.25) is 0 Å². The summed E-state index contributed by atoms with van der Waals surface area (Å²) in [7, 11) is -0.286. The fourth-order valence-corrected chi connectivity index (χ4v) is 1.25. The van der Waals surface area contributed by atoms with Gasteiger partial charge in [0.05, 0.1) is 11.2 Å². The zero-order chi connectivity index (χ0) is 10.8. The molecular weight excluding hydrogens is 179 g/mol. The fraction of sp³-hybridized carbons (Fsp3) is 0.800. The molecule has 3 nitrogen and oxygen atoms in total. The maximum atomic E-state index is 8.61. The number of hydrogen-bond acceptors (Lipinski definition) is 3. The molecule has 0 aromatic carbocycles. The topological polar surface area (TPSA) is 38.7 Å². The van der Waals surface area contributed by atoms with Crippen LogP contribution in [0.2, 0.25) is 0 Å². The van der Waals surface area contributed by atoms with Crippen molar-refractivity contribution in [2.45, 2.75) is 45.3 Å². The standard InChI is InChI=1S/C10H19BO3/c1-9(2)10(3,4)14-11(13-9)7-5-6-8-12/h5,7,12H,6,8H2,1-4H3/b7-5+. The number of rotatable bonds is 3. The number of aliphatic hydroxyl groups is 1. The van der Waals surface area contributed by atoms with Gasteiger partial charge in [0, 0.05) is 6.61 Å². The fourth-order valence-electron chi connectivity index (χ4n) is 1.25. The van der Waals surface area contributed by atoms with Crippen molar-refractivity contribution in [3.05, 3.63) is 12.1 Å². The molecule has 1 saturated heterocycles. The van der Waals surface area contributed by atoms with Crippen LogP contribution in [0.15, 0.2) is 12.1 Å². The Morgan fingerprint density at radius 3 is 2.07 bits per heavy atom. The molecule has 1 rings (SSSR count). The molecule has 1 fully saturated rings. The molecule has 0 spiro atoms. The molecule has 0 amide bonds. The molecule has 0 atom stereocenters. The minimum atomic E-state index is -0.286. The summed E-state index contributed by atoms with van der Waals surface area (Å²) in [6, 6.07) is 0. The van der Waals surface area contributed by atoms with E-state index in [2.05, 4.69) is 0 Å². The predicted octanol–water partition coefficient (Wildman–Crippen LogP) is 1.56. The third-order valence-corrected chi connectivity index (χ3v) is 2.86. The predicted molar refractivity (Wildman–Crippen MR) is 56.9 cm³/mol. The van der Waals surface area contributed by atoms with Crippen molar-refractivity contribution in [3.8, 4) is 0 Å². The molecular formula is C10H19BO3. The first-order valence-corrected chi connectivity index (χ1v) is 5.02. The van der Waals surface area contributed by atoms with Gasteiger partial charge in [0.25, 0.3) is 0 Å². The lowest BCUT2D eigenvalue weighted by Crippen LogP contribution is -2.41. The van der Waals surface area contributed by atoms with Crippen molar-refractivity contribution in [1.29, 1.82) is 0 Å². The Balaban J connectivity index is 2.55. The van der Waals surface area contributed by atoms with Gasteiger partial charge in [-0.25, -0.2) is 0 Å². The van der Waals surface area contributed by atoms with Gasteiger partial charge in [0.1, 0.15) is 0 Å². The average Bonchev–Trinajstić information content (AvgIpc) is 2.21. The highest BCUT2D eigenvalue weighted by atomic mass is 16.7. The van der Waals surface area contributed by atoms with Crippen molar-refractivity contribution in [3.63, 3.8) is 0 Å². The molecule has 0 radical (unpaired) electrons. The molecule has 4 heteroatoms. The molecule has 80 valence electrons. The maximum Gasteiger partial charge on any atom is 0.486 e. The van der Waals surface area contributed by atoms with E-state index < -0.39 is 0 Å². The van der Waals surface area contributed by atoms with Crippen LogP contribution in [0.1, 0.15) is 34.1 Å². The zero-order valence-electron chi connectivity index (χ0n) is 9.41. The third-order valence-electron chi connectivity index (χ3n) is 2.86. The van der Waals surface area contributed by atoms with E-state index in [-0.39, 0.29) is 24.9 Å². The highest BCUT2D eigenvalue weighted by Crippen LogP contribution is 2.36. The van der Waals surface area contributed by atoms with E-state index in [4.69, 9.17) is 14.4 Å². The smallest absolute Gasteiger partial charge is 0.400 e. The SMILES string of the molecule is CC1(C)OB(/C=C/CCO)OC1(C)C. The maximum absolute atomic E-state index is 8.61. The Labute approximate surface area is 86.2 Å². The van der Waals surface area contributed by atoms with Crippen LogP contribution < -0.4 is 0 Å². The molecule has 0 aromatic rings. The van der Waals surface area contributed by atoms with Crippen LogP contribution in [-0.2, 0) is 9.31 Å². The van der Waals surface area contributed by atoms with Crippen molar-refractivity contribution >= 4 is 7.12 Å². The van der Waals surface area contributed by atoms with Gasteiger partial charge in [-0.2, -0.15) is 0 Å². The molecule has 1 aliphatic heterocycles. The van der Waals surface area contributed by atoms with E-state index in [1.54, 1.807) is 0 Å². The van der Waals surface area contributed by atoms with Crippen molar-refractivity contribution in [2.75, 3.05) is 6.61 Å². The lowest BCUT2D eigenvalue weighted by atomic mass is 9.90. The second-order valence-corrected chi connectivity index (χ2v) is 4.57. The molecule has 14 heavy (non-hydrogen) atoms. The van der Waals surface area contributed by atoms with Crippen LogP contribution in [0, 0.1) is 0 Å². The van der Waals surface area contributed by atoms with Gasteiger partial charge >= 0.3 is 7.12 Å². The van der Waals surface area contributed by atoms with Crippen LogP contribution in [0.3, 0.4) is 0 Å². The molecule has 0 bridgehead atoms. The van der Waals surface area contributed by atoms with Gasteiger partial charge in [-0.1, -0.05) is 12.1 Å². The van der Waals surface area contributed by atoms with Crippen molar-refractivity contribution in [1.82, 2.24) is 0 Å². The van der Waals surface area contributed by atoms with Crippen LogP contribution in [0.25, 0.3) is 0 Å². The molecule has 0 aromatic heterocycles. The van der Waals surface area contributed by atoms with Crippen LogP contribution >= 0.6 is 0 Å². The summed E-state index contributed by atoms with van der Waals surface area (Å²) in [4.78, 5) is 0. The van der Waals surface area contributed by atoms with E-state index in [0.717, 1.165) is 0 Å². The van der Waals surface area contributed by atoms with Crippen molar-refractivity contribution in [2.24, 2.45) is 0 Å². The van der Waals surface area contributed by atoms with Crippen LogP contribution in [0.4, 0.5) is 0 Å². The molecule has 1 aliphatic rings. The summed E-state index contributed by atoms with van der Waals surface area (Å²) in [5, 5.41) is 8.61. The van der Waals surface area contributed by atoms with Gasteiger partial charge in [-0.05, 0) is 34.1 Å². The second kappa shape index (κ2) is 4.05. The minimum Gasteiger partial charge on any atom is -0.400 e. The Morgan fingerprint density at radius 2 is 1.64 bits per heavy atom. The molecule has 1 heterocycles. The lowest BCUT2D eigenvalue weighted by Gasteiger charge is -2.32. The summed E-state index contributed by atoms with van der Waals surface area (Å²) in [6.07, 6.45) is 2.52. The van der Waals surface area contributed by atoms with Gasteiger partial charge < -0.3 is 14.4 Å². The van der Waals surface area contributed by atoms with Crippen molar-refractivity contribution < 1.29 is 14.4 Å². The van der Waals surface area contributed by atoms with E-state index in [1.165, 1.54) is 0 Å². The monoisotopic (exact) mass is 198 g/mol. The first-order chi connectivity index (χ1) is 6.39. The van der Waals surface area contributed by atoms with Gasteiger partial charge in [0.15, 0.2) is 0 Å². The summed E-state index contributed by atoms with van der Waals surface area (Å²) in [6.45, 7) is 8.25. The Kier molecular flexibility index (Phi) is 3.40. The Morgan fingerprint density at radius 1 is 1.14 bits per heavy atom. The quantitative estimate of drug-likeness (QED) is 0.699. The normalized spacial score (nSPS) is 24.8. The largest absolute Gasteiger partial charge is 0.486 e. The highest BCUT2D eigenvalue weighted by Gasteiger charge is 2.49. The molecule has 0 aliphatic carbocycles. The number of hydrogen-bond donors (Lipinski definition) is 1. The molecule has 1 N–H and O–H groups in total. The Bertz CT molecular complexity index is 207. The van der Waals surface area contributed by atoms with E-state index in [0.29, 0.717) is 6.42 Å². The van der Waals surface area contributed by atoms with Gasteiger partial charge in [-0.3, -0.25) is 0 Å². The second-order valence-electron chi connectivity index (χ2n) is 4.57. The average molecular weight is 198 g/mol. The van der Waals surface area contributed by atoms with Crippen LogP contribution in [0.5, 0.6) is 0 Å². The summed E-state index contributed by atoms with van der Waals surface area (Å²) in [5.41, 5.74) is -0.553. The van der Waals surface area contributed by atoms with E-state index in [1.807, 2.05) is 39.7 Å². The third kappa shape index (κ3) is 2.38. The van der Waals surface area contributed by atoms with E-state index in [9.17, 15) is 0 Å². The van der Waals surface area contributed by atoms with Gasteiger partial charge in [-0.15, -0.1) is 0 Å². The minimum absolute atomic E-state index is 0.163. The zero-order valence-corrected chi connectivity index (χ0v) is 9.41. The Hall–Kier alpha value is -0.315. The molecule has 0 unspecified atom stereocenters. The lowest BCUT2D eigenvalue weighted by molar-refractivity contribution is 0.00578. The first-order valence-electron chi connectivity index (χ1n) is 5.02. The summed E-state index contributed by atoms with van der Waals surface area (Å²) >= 11 is 0. The highest BCUT2D eigenvalue weighted by molar-refractivity contribution is 6.51. The summed E-state index contributed by atoms with van der Waals surface area (Å²) < 4.78 is 11.4. The first kappa shape index (κ1) is 11.8.